The quantitative estimate of drug-likeness (QED) is 0.393. The van der Waals surface area contributed by atoms with Crippen molar-refractivity contribution >= 4 is 17.6 Å². The van der Waals surface area contributed by atoms with E-state index in [1.807, 2.05) is 42.5 Å². The molecule has 7 nitrogen and oxygen atoms in total. The summed E-state index contributed by atoms with van der Waals surface area (Å²) in [5.74, 6) is 0.264. The maximum atomic E-state index is 14.1. The molecule has 0 N–H and O–H groups in total. The molecule has 0 bridgehead atoms. The summed E-state index contributed by atoms with van der Waals surface area (Å²) >= 11 is 0. The zero-order chi connectivity index (χ0) is 24.5. The Kier molecular flexibility index (Phi) is 5.91. The third-order valence-corrected chi connectivity index (χ3v) is 6.36. The zero-order valence-electron chi connectivity index (χ0n) is 19.7. The van der Waals surface area contributed by atoms with Gasteiger partial charge in [-0.3, -0.25) is 9.69 Å². The van der Waals surface area contributed by atoms with Crippen LogP contribution in [0.2, 0.25) is 0 Å². The number of rotatable bonds is 5. The lowest BCUT2D eigenvalue weighted by Crippen LogP contribution is -2.44. The molecule has 0 saturated heterocycles. The standard InChI is InChI=1S/C28H25NO6/c1-32-22-16-19-23(26(34-3)25(22)33-2)21-15-9-13-17-10-7-8-14-20(17)29(21)27(30)24(19)35-28(31)18-11-5-4-6-12-18/h4-12,14-16,21,24H,13H2,1-3H3/t21-,24+/m1/s1. The summed E-state index contributed by atoms with van der Waals surface area (Å²) < 4.78 is 22.9. The second-order valence-corrected chi connectivity index (χ2v) is 8.21. The van der Waals surface area contributed by atoms with Crippen molar-refractivity contribution in [3.8, 4) is 17.2 Å². The first-order valence-electron chi connectivity index (χ1n) is 11.3. The van der Waals surface area contributed by atoms with Crippen molar-refractivity contribution in [1.82, 2.24) is 0 Å². The lowest BCUT2D eigenvalue weighted by molar-refractivity contribution is -0.128. The van der Waals surface area contributed by atoms with Gasteiger partial charge in [-0.1, -0.05) is 48.6 Å². The molecule has 0 saturated carbocycles. The highest BCUT2D eigenvalue weighted by molar-refractivity contribution is 6.03. The Bertz CT molecular complexity index is 1320. The molecule has 35 heavy (non-hydrogen) atoms. The summed E-state index contributed by atoms with van der Waals surface area (Å²) in [6.45, 7) is 0. The lowest BCUT2D eigenvalue weighted by atomic mass is 9.87. The topological polar surface area (TPSA) is 74.3 Å². The van der Waals surface area contributed by atoms with E-state index < -0.39 is 18.1 Å². The van der Waals surface area contributed by atoms with Gasteiger partial charge in [0.2, 0.25) is 11.9 Å². The maximum Gasteiger partial charge on any atom is 0.339 e. The van der Waals surface area contributed by atoms with Crippen LogP contribution < -0.4 is 19.1 Å². The highest BCUT2D eigenvalue weighted by atomic mass is 16.6. The predicted octanol–water partition coefficient (Wildman–Crippen LogP) is 4.81. The van der Waals surface area contributed by atoms with Crippen LogP contribution in [0.3, 0.4) is 0 Å². The number of carbonyl (C=O) groups is 2. The van der Waals surface area contributed by atoms with Crippen LogP contribution in [0.15, 0.2) is 72.8 Å². The number of allylic oxidation sites excluding steroid dienone is 1. The van der Waals surface area contributed by atoms with Crippen molar-refractivity contribution in [2.75, 3.05) is 26.2 Å². The number of carbonyl (C=O) groups excluding carboxylic acids is 2. The molecule has 2 heterocycles. The number of nitrogens with zero attached hydrogens (tertiary/aromatic N) is 1. The molecule has 0 aliphatic carbocycles. The number of methoxy groups -OCH3 is 3. The van der Waals surface area contributed by atoms with Crippen LogP contribution in [0.1, 0.15) is 39.2 Å². The van der Waals surface area contributed by atoms with Gasteiger partial charge in [0.25, 0.3) is 5.91 Å². The van der Waals surface area contributed by atoms with Gasteiger partial charge in [-0.2, -0.15) is 0 Å². The molecule has 2 aliphatic heterocycles. The van der Waals surface area contributed by atoms with Crippen molar-refractivity contribution in [1.29, 1.82) is 0 Å². The molecule has 178 valence electrons. The fourth-order valence-corrected chi connectivity index (χ4v) is 4.80. The van der Waals surface area contributed by atoms with E-state index in [0.29, 0.717) is 40.4 Å². The molecule has 0 radical (unpaired) electrons. The van der Waals surface area contributed by atoms with Crippen molar-refractivity contribution < 1.29 is 28.5 Å². The summed E-state index contributed by atoms with van der Waals surface area (Å²) in [5.41, 5.74) is 3.29. The van der Waals surface area contributed by atoms with E-state index in [2.05, 4.69) is 0 Å². The van der Waals surface area contributed by atoms with Crippen LogP contribution in [-0.4, -0.2) is 33.2 Å². The molecular weight excluding hydrogens is 446 g/mol. The van der Waals surface area contributed by atoms with E-state index in [9.17, 15) is 9.59 Å². The van der Waals surface area contributed by atoms with Crippen LogP contribution in [0.25, 0.3) is 0 Å². The van der Waals surface area contributed by atoms with Crippen molar-refractivity contribution in [2.45, 2.75) is 18.6 Å². The van der Waals surface area contributed by atoms with Crippen molar-refractivity contribution in [3.63, 3.8) is 0 Å². The first kappa shape index (κ1) is 22.5. The Morgan fingerprint density at radius 3 is 2.34 bits per heavy atom. The Hall–Kier alpha value is -4.26. The molecule has 2 atom stereocenters. The van der Waals surface area contributed by atoms with Gasteiger partial charge in [-0.25, -0.2) is 4.79 Å². The van der Waals surface area contributed by atoms with Gasteiger partial charge in [0, 0.05) is 16.8 Å². The zero-order valence-corrected chi connectivity index (χ0v) is 19.7. The van der Waals surface area contributed by atoms with Crippen LogP contribution in [0, 0.1) is 0 Å². The number of benzene rings is 3. The molecule has 2 aliphatic rings. The molecule has 3 aromatic carbocycles. The van der Waals surface area contributed by atoms with Crippen molar-refractivity contribution in [3.05, 3.63) is 95.1 Å². The predicted molar refractivity (Wildman–Crippen MR) is 130 cm³/mol. The number of fused-ring (bicyclic) bond motifs is 5. The van der Waals surface area contributed by atoms with E-state index in [0.717, 1.165) is 11.3 Å². The fourth-order valence-electron chi connectivity index (χ4n) is 4.80. The minimum atomic E-state index is -1.21. The van der Waals surface area contributed by atoms with Gasteiger partial charge in [0.05, 0.1) is 32.9 Å². The third kappa shape index (κ3) is 3.69. The largest absolute Gasteiger partial charge is 0.493 e. The number of hydrogen-bond donors (Lipinski definition) is 0. The fraction of sp³-hybridized carbons (Fsp3) is 0.214. The Labute approximate surface area is 203 Å². The van der Waals surface area contributed by atoms with Crippen LogP contribution >= 0.6 is 0 Å². The van der Waals surface area contributed by atoms with E-state index >= 15 is 0 Å². The van der Waals surface area contributed by atoms with Crippen LogP contribution in [-0.2, 0) is 16.0 Å². The summed E-state index contributed by atoms with van der Waals surface area (Å²) in [5, 5.41) is 0. The number of ether oxygens (including phenoxy) is 4. The molecule has 5 rings (SSSR count). The molecule has 7 heteroatoms. The number of para-hydroxylation sites is 1. The SMILES string of the molecule is COc1cc2c(c(OC)c1OC)[C@H]1C=CCc3ccccc3N1C(=O)[C@H]2OC(=O)c1ccccc1. The van der Waals surface area contributed by atoms with Gasteiger partial charge >= 0.3 is 5.97 Å². The van der Waals surface area contributed by atoms with Gasteiger partial charge in [0.15, 0.2) is 11.5 Å². The average Bonchev–Trinajstić information content (AvgIpc) is 3.09. The number of esters is 1. The number of amides is 1. The van der Waals surface area contributed by atoms with E-state index in [1.54, 1.807) is 35.2 Å². The minimum Gasteiger partial charge on any atom is -0.493 e. The smallest absolute Gasteiger partial charge is 0.339 e. The molecule has 0 aromatic heterocycles. The molecule has 0 unspecified atom stereocenters. The second-order valence-electron chi connectivity index (χ2n) is 8.21. The first-order valence-corrected chi connectivity index (χ1v) is 11.3. The van der Waals surface area contributed by atoms with Gasteiger partial charge in [-0.05, 0) is 36.2 Å². The third-order valence-electron chi connectivity index (χ3n) is 6.36. The minimum absolute atomic E-state index is 0.347. The van der Waals surface area contributed by atoms with Crippen molar-refractivity contribution in [2.24, 2.45) is 0 Å². The van der Waals surface area contributed by atoms with Gasteiger partial charge < -0.3 is 18.9 Å². The Morgan fingerprint density at radius 1 is 0.914 bits per heavy atom. The molecule has 1 amide bonds. The monoisotopic (exact) mass is 471 g/mol. The van der Waals surface area contributed by atoms with Crippen LogP contribution in [0.5, 0.6) is 17.2 Å². The van der Waals surface area contributed by atoms with E-state index in [-0.39, 0.29) is 5.91 Å². The highest BCUT2D eigenvalue weighted by Crippen LogP contribution is 2.53. The van der Waals surface area contributed by atoms with E-state index in [1.165, 1.54) is 21.3 Å². The lowest BCUT2D eigenvalue weighted by Gasteiger charge is -2.40. The molecule has 0 fully saturated rings. The van der Waals surface area contributed by atoms with E-state index in [4.69, 9.17) is 18.9 Å². The molecule has 3 aromatic rings. The first-order chi connectivity index (χ1) is 17.1. The summed E-state index contributed by atoms with van der Waals surface area (Å²) in [7, 11) is 4.58. The van der Waals surface area contributed by atoms with Gasteiger partial charge in [-0.15, -0.1) is 0 Å². The number of hydrogen-bond acceptors (Lipinski definition) is 6. The summed E-state index contributed by atoms with van der Waals surface area (Å²) in [4.78, 5) is 28.8. The summed E-state index contributed by atoms with van der Waals surface area (Å²) in [6, 6.07) is 17.5. The van der Waals surface area contributed by atoms with Gasteiger partial charge in [0.1, 0.15) is 0 Å². The average molecular weight is 472 g/mol. The number of anilines is 1. The normalized spacial score (nSPS) is 18.0. The molecular formula is C28H25NO6. The maximum absolute atomic E-state index is 14.1. The molecule has 0 spiro atoms. The van der Waals surface area contributed by atoms with Crippen LogP contribution in [0.4, 0.5) is 5.69 Å². The Morgan fingerprint density at radius 2 is 1.63 bits per heavy atom. The Balaban J connectivity index is 1.74. The summed E-state index contributed by atoms with van der Waals surface area (Å²) in [6.07, 6.45) is 3.46. The highest BCUT2D eigenvalue weighted by Gasteiger charge is 2.46. The second kappa shape index (κ2) is 9.18.